The highest BCUT2D eigenvalue weighted by Crippen LogP contribution is 2.33. The highest BCUT2D eigenvalue weighted by Gasteiger charge is 2.34. The molecule has 4 nitrogen and oxygen atoms in total. The third kappa shape index (κ3) is 4.65. The second-order valence-electron chi connectivity index (χ2n) is 9.04. The summed E-state index contributed by atoms with van der Waals surface area (Å²) in [6.07, 6.45) is 7.09. The number of hydrogen-bond acceptors (Lipinski definition) is 2. The van der Waals surface area contributed by atoms with Gasteiger partial charge in [0.15, 0.2) is 0 Å². The van der Waals surface area contributed by atoms with Crippen molar-refractivity contribution in [2.45, 2.75) is 56.1 Å². The Balaban J connectivity index is 1.53. The van der Waals surface area contributed by atoms with Crippen LogP contribution in [0.5, 0.6) is 0 Å². The maximum absolute atomic E-state index is 14.2. The van der Waals surface area contributed by atoms with Crippen LogP contribution in [0.4, 0.5) is 0 Å². The molecule has 1 fully saturated rings. The molecule has 6 heteroatoms. The van der Waals surface area contributed by atoms with Gasteiger partial charge in [-0.1, -0.05) is 85.5 Å². The van der Waals surface area contributed by atoms with Gasteiger partial charge in [0.25, 0.3) is 0 Å². The van der Waals surface area contributed by atoms with Crippen molar-refractivity contribution in [3.8, 4) is 0 Å². The molecule has 34 heavy (non-hydrogen) atoms. The second-order valence-corrected chi connectivity index (χ2v) is 11.3. The van der Waals surface area contributed by atoms with Crippen LogP contribution in [0.2, 0.25) is 5.02 Å². The van der Waals surface area contributed by atoms with Gasteiger partial charge in [-0.15, -0.1) is 0 Å². The summed E-state index contributed by atoms with van der Waals surface area (Å²) in [6.45, 7) is 0.947. The fourth-order valence-corrected chi connectivity index (χ4v) is 7.11. The fraction of sp³-hybridized carbons (Fsp3) is 0.286. The lowest BCUT2D eigenvalue weighted by Gasteiger charge is -2.34. The third-order valence-electron chi connectivity index (χ3n) is 6.86. The number of rotatable bonds is 7. The molecule has 1 aliphatic rings. The van der Waals surface area contributed by atoms with Crippen LogP contribution < -0.4 is 0 Å². The minimum atomic E-state index is -3.71. The molecular weight excluding hydrogens is 464 g/mol. The number of aromatic nitrogens is 1. The number of halogens is 1. The van der Waals surface area contributed by atoms with Gasteiger partial charge in [-0.25, -0.2) is 8.42 Å². The van der Waals surface area contributed by atoms with Gasteiger partial charge >= 0.3 is 0 Å². The molecule has 0 radical (unpaired) electrons. The van der Waals surface area contributed by atoms with Crippen LogP contribution in [0.15, 0.2) is 90.0 Å². The van der Waals surface area contributed by atoms with E-state index in [-0.39, 0.29) is 6.04 Å². The van der Waals surface area contributed by atoms with Crippen molar-refractivity contribution in [2.75, 3.05) is 0 Å². The standard InChI is InChI=1S/C28H29ClN2O2S/c29-27-17-7-5-11-23(27)20-30-19-9-15-25(30)21-31(24-13-2-1-3-14-24)34(32,33)28-18-8-12-22-10-4-6-16-26(22)28/h4-12,15-19,24H,1-3,13-14,20-21H2. The Morgan fingerprint density at radius 3 is 2.41 bits per heavy atom. The molecule has 0 bridgehead atoms. The van der Waals surface area contributed by atoms with Crippen molar-refractivity contribution in [3.05, 3.63) is 101 Å². The normalized spacial score (nSPS) is 15.2. The summed E-state index contributed by atoms with van der Waals surface area (Å²) in [5, 5.41) is 2.43. The van der Waals surface area contributed by atoms with Crippen LogP contribution in [0.3, 0.4) is 0 Å². The average molecular weight is 493 g/mol. The van der Waals surface area contributed by atoms with E-state index in [1.54, 1.807) is 10.4 Å². The first kappa shape index (κ1) is 23.2. The minimum Gasteiger partial charge on any atom is -0.346 e. The van der Waals surface area contributed by atoms with Crippen molar-refractivity contribution in [1.82, 2.24) is 8.87 Å². The summed E-state index contributed by atoms with van der Waals surface area (Å²) in [4.78, 5) is 0.389. The SMILES string of the molecule is O=S(=O)(c1cccc2ccccc12)N(Cc1cccn1Cc1ccccc1Cl)C1CCCCC1. The van der Waals surface area contributed by atoms with E-state index in [9.17, 15) is 8.42 Å². The zero-order chi connectivity index (χ0) is 23.5. The molecule has 5 rings (SSSR count). The van der Waals surface area contributed by atoms with Crippen molar-refractivity contribution < 1.29 is 8.42 Å². The van der Waals surface area contributed by atoms with Crippen molar-refractivity contribution in [1.29, 1.82) is 0 Å². The molecule has 0 amide bonds. The highest BCUT2D eigenvalue weighted by molar-refractivity contribution is 7.89. The molecule has 0 aliphatic heterocycles. The van der Waals surface area contributed by atoms with Crippen molar-refractivity contribution in [3.63, 3.8) is 0 Å². The first-order chi connectivity index (χ1) is 16.5. The van der Waals surface area contributed by atoms with Gasteiger partial charge in [-0.3, -0.25) is 0 Å². The summed E-state index contributed by atoms with van der Waals surface area (Å²) in [7, 11) is -3.71. The Labute approximate surface area is 206 Å². The van der Waals surface area contributed by atoms with E-state index in [0.717, 1.165) is 52.7 Å². The monoisotopic (exact) mass is 492 g/mol. The largest absolute Gasteiger partial charge is 0.346 e. The minimum absolute atomic E-state index is 0.00128. The van der Waals surface area contributed by atoms with Crippen LogP contribution >= 0.6 is 11.6 Å². The quantitative estimate of drug-likeness (QED) is 0.282. The Hall–Kier alpha value is -2.60. The van der Waals surface area contributed by atoms with E-state index in [2.05, 4.69) is 4.57 Å². The highest BCUT2D eigenvalue weighted by atomic mass is 35.5. The molecule has 0 spiro atoms. The average Bonchev–Trinajstić information content (AvgIpc) is 3.30. The van der Waals surface area contributed by atoms with Crippen molar-refractivity contribution in [2.24, 2.45) is 0 Å². The smallest absolute Gasteiger partial charge is 0.244 e. The van der Waals surface area contributed by atoms with Gasteiger partial charge in [0.2, 0.25) is 10.0 Å². The summed E-state index contributed by atoms with van der Waals surface area (Å²) in [5.41, 5.74) is 1.98. The lowest BCUT2D eigenvalue weighted by Crippen LogP contribution is -2.41. The van der Waals surface area contributed by atoms with Crippen molar-refractivity contribution >= 4 is 32.4 Å². The number of hydrogen-bond donors (Lipinski definition) is 0. The first-order valence-corrected chi connectivity index (χ1v) is 13.7. The van der Waals surface area contributed by atoms with E-state index >= 15 is 0 Å². The molecule has 0 atom stereocenters. The molecule has 0 unspecified atom stereocenters. The van der Waals surface area contributed by atoms with Crippen LogP contribution in [-0.2, 0) is 23.1 Å². The Bertz CT molecular complexity index is 1390. The number of fused-ring (bicyclic) bond motifs is 1. The molecule has 1 aliphatic carbocycles. The lowest BCUT2D eigenvalue weighted by molar-refractivity contribution is 0.244. The zero-order valence-electron chi connectivity index (χ0n) is 19.1. The predicted octanol–water partition coefficient (Wildman–Crippen LogP) is 6.87. The second kappa shape index (κ2) is 9.95. The molecule has 4 aromatic rings. The van der Waals surface area contributed by atoms with Gasteiger partial charge in [-0.2, -0.15) is 4.31 Å². The summed E-state index contributed by atoms with van der Waals surface area (Å²) in [5.74, 6) is 0. The lowest BCUT2D eigenvalue weighted by atomic mass is 9.95. The van der Waals surface area contributed by atoms with E-state index in [4.69, 9.17) is 11.6 Å². The fourth-order valence-electron chi connectivity index (χ4n) is 5.04. The van der Waals surface area contributed by atoms with E-state index in [1.165, 1.54) is 6.42 Å². The molecule has 3 aromatic carbocycles. The van der Waals surface area contributed by atoms with E-state index in [0.29, 0.717) is 18.0 Å². The van der Waals surface area contributed by atoms with Gasteiger partial charge in [0, 0.05) is 34.9 Å². The van der Waals surface area contributed by atoms with E-state index < -0.39 is 10.0 Å². The van der Waals surface area contributed by atoms with Gasteiger partial charge in [0.1, 0.15) is 0 Å². The molecule has 0 saturated heterocycles. The summed E-state index contributed by atoms with van der Waals surface area (Å²) < 4.78 is 32.2. The molecule has 0 N–H and O–H groups in total. The summed E-state index contributed by atoms with van der Waals surface area (Å²) >= 11 is 6.41. The topological polar surface area (TPSA) is 42.3 Å². The maximum Gasteiger partial charge on any atom is 0.244 e. The molecular formula is C28H29ClN2O2S. The zero-order valence-corrected chi connectivity index (χ0v) is 20.7. The van der Waals surface area contributed by atoms with Crippen LogP contribution in [-0.4, -0.2) is 23.3 Å². The molecule has 1 saturated carbocycles. The number of nitrogens with zero attached hydrogens (tertiary/aromatic N) is 2. The van der Waals surface area contributed by atoms with Crippen LogP contribution in [0, 0.1) is 0 Å². The Morgan fingerprint density at radius 1 is 0.853 bits per heavy atom. The van der Waals surface area contributed by atoms with Gasteiger partial charge in [0.05, 0.1) is 11.4 Å². The van der Waals surface area contributed by atoms with Gasteiger partial charge in [-0.05, 0) is 48.1 Å². The number of sulfonamides is 1. The number of benzene rings is 3. The first-order valence-electron chi connectivity index (χ1n) is 11.9. The molecule has 176 valence electrons. The van der Waals surface area contributed by atoms with Crippen LogP contribution in [0.1, 0.15) is 43.4 Å². The van der Waals surface area contributed by atoms with Crippen LogP contribution in [0.25, 0.3) is 10.8 Å². The van der Waals surface area contributed by atoms with Gasteiger partial charge < -0.3 is 4.57 Å². The summed E-state index contributed by atoms with van der Waals surface area (Å²) in [6, 6.07) is 25.1. The molecule has 1 heterocycles. The third-order valence-corrected chi connectivity index (χ3v) is 9.18. The predicted molar refractivity (Wildman–Crippen MR) is 139 cm³/mol. The Morgan fingerprint density at radius 2 is 1.59 bits per heavy atom. The maximum atomic E-state index is 14.2. The Kier molecular flexibility index (Phi) is 6.77. The van der Waals surface area contributed by atoms with E-state index in [1.807, 2.05) is 79.0 Å². The molecule has 1 aromatic heterocycles.